The summed E-state index contributed by atoms with van der Waals surface area (Å²) < 4.78 is 11.3. The van der Waals surface area contributed by atoms with Crippen molar-refractivity contribution in [2.75, 3.05) is 18.9 Å². The Morgan fingerprint density at radius 3 is 2.45 bits per heavy atom. The van der Waals surface area contributed by atoms with Crippen molar-refractivity contribution in [1.82, 2.24) is 15.2 Å². The molecule has 4 rings (SSSR count). The van der Waals surface area contributed by atoms with Gasteiger partial charge < -0.3 is 15.2 Å². The quantitative estimate of drug-likeness (QED) is 0.433. The number of nitrogens with zero attached hydrogens (tertiary/aromatic N) is 2. The molecule has 172 valence electrons. The Balaban J connectivity index is 1.25. The summed E-state index contributed by atoms with van der Waals surface area (Å²) in [5.74, 6) is -1.12. The molecule has 4 amide bonds. The third kappa shape index (κ3) is 4.94. The van der Waals surface area contributed by atoms with Crippen molar-refractivity contribution in [3.63, 3.8) is 0 Å². The molecule has 10 heteroatoms. The maximum absolute atomic E-state index is 12.8. The lowest BCUT2D eigenvalue weighted by Crippen LogP contribution is -2.54. The number of carbonyl (C=O) groups excluding carboxylic acids is 4. The van der Waals surface area contributed by atoms with E-state index in [0.29, 0.717) is 30.5 Å². The summed E-state index contributed by atoms with van der Waals surface area (Å²) >= 11 is 0. The molecule has 1 saturated heterocycles. The fraction of sp³-hybridized carbons (Fsp3) is 0.348. The maximum atomic E-state index is 12.8. The fourth-order valence-corrected chi connectivity index (χ4v) is 3.76. The van der Waals surface area contributed by atoms with E-state index in [-0.39, 0.29) is 24.0 Å². The number of unbranched alkanes of at least 4 members (excludes halogenated alkanes) is 2. The number of hydrogen-bond acceptors (Lipinski definition) is 8. The second kappa shape index (κ2) is 9.68. The SMILES string of the molecule is Nc1ccc(OCCCCCOc2ccc3c(c2)C(=O)N(C2CCC(=O)NC2=O)C3=O)nc1. The summed E-state index contributed by atoms with van der Waals surface area (Å²) in [6, 6.07) is 7.16. The van der Waals surface area contributed by atoms with Crippen molar-refractivity contribution in [3.05, 3.63) is 47.7 Å². The number of nitrogen functional groups attached to an aromatic ring is 1. The lowest BCUT2D eigenvalue weighted by molar-refractivity contribution is -0.136. The zero-order chi connectivity index (χ0) is 23.4. The minimum atomic E-state index is -0.981. The molecule has 1 atom stereocenters. The van der Waals surface area contributed by atoms with Crippen molar-refractivity contribution in [3.8, 4) is 11.6 Å². The van der Waals surface area contributed by atoms with Gasteiger partial charge in [0.15, 0.2) is 0 Å². The fourth-order valence-electron chi connectivity index (χ4n) is 3.76. The molecular weight excluding hydrogens is 428 g/mol. The van der Waals surface area contributed by atoms with Crippen molar-refractivity contribution in [1.29, 1.82) is 0 Å². The number of piperidine rings is 1. The molecule has 1 unspecified atom stereocenters. The first kappa shape index (κ1) is 22.3. The third-order valence-electron chi connectivity index (χ3n) is 5.48. The first-order valence-corrected chi connectivity index (χ1v) is 10.8. The summed E-state index contributed by atoms with van der Waals surface area (Å²) in [4.78, 5) is 54.0. The van der Waals surface area contributed by atoms with E-state index in [9.17, 15) is 19.2 Å². The number of hydrogen-bond donors (Lipinski definition) is 2. The Kier molecular flexibility index (Phi) is 6.53. The molecule has 0 aliphatic carbocycles. The van der Waals surface area contributed by atoms with E-state index in [2.05, 4.69) is 10.3 Å². The predicted octanol–water partition coefficient (Wildman–Crippen LogP) is 1.69. The smallest absolute Gasteiger partial charge is 0.262 e. The molecular formula is C23H24N4O6. The molecule has 3 heterocycles. The minimum absolute atomic E-state index is 0.0830. The molecule has 33 heavy (non-hydrogen) atoms. The molecule has 10 nitrogen and oxygen atoms in total. The van der Waals surface area contributed by atoms with Crippen LogP contribution in [0.5, 0.6) is 11.6 Å². The highest BCUT2D eigenvalue weighted by atomic mass is 16.5. The number of fused-ring (bicyclic) bond motifs is 1. The number of imide groups is 2. The molecule has 2 aromatic rings. The topological polar surface area (TPSA) is 141 Å². The van der Waals surface area contributed by atoms with E-state index in [1.54, 1.807) is 24.4 Å². The maximum Gasteiger partial charge on any atom is 0.262 e. The summed E-state index contributed by atoms with van der Waals surface area (Å²) in [5, 5.41) is 2.18. The number of ether oxygens (including phenoxy) is 2. The van der Waals surface area contributed by atoms with Gasteiger partial charge in [-0.1, -0.05) is 0 Å². The van der Waals surface area contributed by atoms with E-state index in [1.807, 2.05) is 0 Å². The standard InChI is InChI=1S/C23H24N4O6/c24-14-4-9-20(25-13-14)33-11-3-1-2-10-32-15-5-6-16-17(12-15)23(31)27(22(16)30)18-7-8-19(28)26-21(18)29/h4-6,9,12-13,18H,1-3,7-8,10-11,24H2,(H,26,28,29). The molecule has 2 aliphatic heterocycles. The van der Waals surface area contributed by atoms with Crippen LogP contribution in [0.15, 0.2) is 36.5 Å². The number of aromatic nitrogens is 1. The first-order chi connectivity index (χ1) is 15.9. The Morgan fingerprint density at radius 1 is 0.970 bits per heavy atom. The van der Waals surface area contributed by atoms with Gasteiger partial charge >= 0.3 is 0 Å². The zero-order valence-corrected chi connectivity index (χ0v) is 17.9. The van der Waals surface area contributed by atoms with Crippen LogP contribution in [-0.4, -0.2) is 52.8 Å². The Bertz CT molecular complexity index is 1080. The van der Waals surface area contributed by atoms with Gasteiger partial charge in [-0.15, -0.1) is 0 Å². The number of nitrogens with two attached hydrogens (primary N) is 1. The molecule has 0 spiro atoms. The summed E-state index contributed by atoms with van der Waals surface area (Å²) in [5.41, 5.74) is 6.59. The number of pyridine rings is 1. The highest BCUT2D eigenvalue weighted by molar-refractivity contribution is 6.23. The average Bonchev–Trinajstić information content (AvgIpc) is 3.04. The number of nitrogens with one attached hydrogen (secondary N) is 1. The molecule has 0 saturated carbocycles. The Labute approximate surface area is 190 Å². The van der Waals surface area contributed by atoms with Crippen LogP contribution < -0.4 is 20.5 Å². The van der Waals surface area contributed by atoms with E-state index in [4.69, 9.17) is 15.2 Å². The lowest BCUT2D eigenvalue weighted by atomic mass is 10.0. The van der Waals surface area contributed by atoms with Crippen LogP contribution in [-0.2, 0) is 9.59 Å². The molecule has 1 aromatic heterocycles. The largest absolute Gasteiger partial charge is 0.494 e. The summed E-state index contributed by atoms with van der Waals surface area (Å²) in [6.07, 6.45) is 4.23. The summed E-state index contributed by atoms with van der Waals surface area (Å²) in [7, 11) is 0. The van der Waals surface area contributed by atoms with Gasteiger partial charge in [0.25, 0.3) is 11.8 Å². The summed E-state index contributed by atoms with van der Waals surface area (Å²) in [6.45, 7) is 0.973. The monoisotopic (exact) mass is 452 g/mol. The predicted molar refractivity (Wildman–Crippen MR) is 117 cm³/mol. The van der Waals surface area contributed by atoms with Crippen molar-refractivity contribution in [2.45, 2.75) is 38.1 Å². The molecule has 1 aromatic carbocycles. The van der Waals surface area contributed by atoms with E-state index >= 15 is 0 Å². The van der Waals surface area contributed by atoms with Gasteiger partial charge in [0.1, 0.15) is 11.8 Å². The molecule has 1 fully saturated rings. The Morgan fingerprint density at radius 2 is 1.73 bits per heavy atom. The van der Waals surface area contributed by atoms with Gasteiger partial charge in [0.05, 0.1) is 36.2 Å². The minimum Gasteiger partial charge on any atom is -0.494 e. The molecule has 2 aliphatic rings. The number of amides is 4. The second-order valence-corrected chi connectivity index (χ2v) is 7.84. The van der Waals surface area contributed by atoms with Gasteiger partial charge in [0, 0.05) is 12.5 Å². The van der Waals surface area contributed by atoms with Gasteiger partial charge in [0.2, 0.25) is 17.7 Å². The normalized spacial score (nSPS) is 17.7. The van der Waals surface area contributed by atoms with Crippen LogP contribution in [0, 0.1) is 0 Å². The van der Waals surface area contributed by atoms with Crippen LogP contribution in [0.25, 0.3) is 0 Å². The average molecular weight is 452 g/mol. The Hall–Kier alpha value is -3.95. The highest BCUT2D eigenvalue weighted by Gasteiger charge is 2.44. The van der Waals surface area contributed by atoms with Crippen LogP contribution in [0.1, 0.15) is 52.8 Å². The van der Waals surface area contributed by atoms with E-state index in [0.717, 1.165) is 24.2 Å². The number of anilines is 1. The number of rotatable bonds is 9. The highest BCUT2D eigenvalue weighted by Crippen LogP contribution is 2.30. The zero-order valence-electron chi connectivity index (χ0n) is 17.9. The van der Waals surface area contributed by atoms with Gasteiger partial charge in [-0.05, 0) is 49.9 Å². The van der Waals surface area contributed by atoms with Gasteiger partial charge in [-0.25, -0.2) is 4.98 Å². The van der Waals surface area contributed by atoms with Crippen molar-refractivity contribution < 1.29 is 28.7 Å². The van der Waals surface area contributed by atoms with Gasteiger partial charge in [-0.2, -0.15) is 0 Å². The second-order valence-electron chi connectivity index (χ2n) is 7.84. The van der Waals surface area contributed by atoms with Crippen molar-refractivity contribution in [2.24, 2.45) is 0 Å². The van der Waals surface area contributed by atoms with E-state index < -0.39 is 29.7 Å². The van der Waals surface area contributed by atoms with Crippen LogP contribution in [0.3, 0.4) is 0 Å². The van der Waals surface area contributed by atoms with Crippen molar-refractivity contribution >= 4 is 29.3 Å². The van der Waals surface area contributed by atoms with Gasteiger partial charge in [-0.3, -0.25) is 29.4 Å². The van der Waals surface area contributed by atoms with Crippen LogP contribution in [0.2, 0.25) is 0 Å². The van der Waals surface area contributed by atoms with Crippen LogP contribution in [0.4, 0.5) is 5.69 Å². The van der Waals surface area contributed by atoms with Crippen LogP contribution >= 0.6 is 0 Å². The van der Waals surface area contributed by atoms with E-state index in [1.165, 1.54) is 12.1 Å². The first-order valence-electron chi connectivity index (χ1n) is 10.8. The number of carbonyl (C=O) groups is 4. The molecule has 3 N–H and O–H groups in total. The molecule has 0 bridgehead atoms. The lowest BCUT2D eigenvalue weighted by Gasteiger charge is -2.27. The molecule has 0 radical (unpaired) electrons. The number of benzene rings is 1. The third-order valence-corrected chi connectivity index (χ3v) is 5.48.